The monoisotopic (exact) mass is 366 g/mol. The van der Waals surface area contributed by atoms with Crippen LogP contribution in [0.4, 0.5) is 4.39 Å². The van der Waals surface area contributed by atoms with Crippen LogP contribution in [-0.2, 0) is 0 Å². The van der Waals surface area contributed by atoms with E-state index in [0.29, 0.717) is 11.5 Å². The zero-order chi connectivity index (χ0) is 17.2. The van der Waals surface area contributed by atoms with E-state index in [9.17, 15) is 4.39 Å². The summed E-state index contributed by atoms with van der Waals surface area (Å²) in [4.78, 5) is 1.07. The third-order valence-corrected chi connectivity index (χ3v) is 6.42. The smallest absolute Gasteiger partial charge is 0.113 e. The molecular weight excluding hydrogens is 343 g/mol. The lowest BCUT2D eigenvalue weighted by molar-refractivity contribution is 0.418. The Kier molecular flexibility index (Phi) is 5.54. The molecule has 0 aromatic carbocycles. The van der Waals surface area contributed by atoms with E-state index < -0.39 is 0 Å². The second-order valence-corrected chi connectivity index (χ2v) is 8.41. The molecule has 0 aliphatic heterocycles. The van der Waals surface area contributed by atoms with Gasteiger partial charge in [-0.25, -0.2) is 0 Å². The van der Waals surface area contributed by atoms with E-state index in [1.807, 2.05) is 32.3 Å². The Balaban J connectivity index is 1.75. The number of nitrogens with one attached hydrogen (secondary N) is 3. The third-order valence-electron chi connectivity index (χ3n) is 4.37. The van der Waals surface area contributed by atoms with Gasteiger partial charge in [-0.2, -0.15) is 0 Å². The largest absolute Gasteiger partial charge is 0.313 e. The molecule has 1 unspecified atom stereocenters. The van der Waals surface area contributed by atoms with Gasteiger partial charge in [-0.15, -0.1) is 0 Å². The van der Waals surface area contributed by atoms with Gasteiger partial charge >= 0.3 is 0 Å². The van der Waals surface area contributed by atoms with Gasteiger partial charge < -0.3 is 9.72 Å². The molecule has 130 valence electrons. The fourth-order valence-corrected chi connectivity index (χ4v) is 4.22. The predicted octanol–water partition coefficient (Wildman–Crippen LogP) is 4.05. The Labute approximate surface area is 150 Å². The molecule has 3 rings (SSSR count). The summed E-state index contributed by atoms with van der Waals surface area (Å²) in [7, 11) is 1.90. The van der Waals surface area contributed by atoms with Crippen LogP contribution in [0.15, 0.2) is 35.4 Å². The average molecular weight is 367 g/mol. The van der Waals surface area contributed by atoms with Gasteiger partial charge in [0, 0.05) is 22.1 Å². The second kappa shape index (κ2) is 7.47. The van der Waals surface area contributed by atoms with Gasteiger partial charge in [-0.1, -0.05) is 11.8 Å². The zero-order valence-electron chi connectivity index (χ0n) is 13.9. The summed E-state index contributed by atoms with van der Waals surface area (Å²) in [6.45, 7) is 1.77. The molecule has 0 saturated heterocycles. The van der Waals surface area contributed by atoms with E-state index in [2.05, 4.69) is 26.6 Å². The fraction of sp³-hybridized carbons (Fsp3) is 0.471. The molecule has 24 heavy (non-hydrogen) atoms. The van der Waals surface area contributed by atoms with Crippen molar-refractivity contribution in [3.8, 4) is 0 Å². The number of hydrogen-bond acceptors (Lipinski definition) is 5. The topological polar surface area (TPSA) is 52.3 Å². The number of rotatable bonds is 8. The molecule has 0 spiro atoms. The maximum absolute atomic E-state index is 12.6. The van der Waals surface area contributed by atoms with Gasteiger partial charge in [-0.05, 0) is 69.4 Å². The molecule has 2 aromatic rings. The van der Waals surface area contributed by atoms with E-state index in [4.69, 9.17) is 5.41 Å². The lowest BCUT2D eigenvalue weighted by atomic mass is 10.2. The van der Waals surface area contributed by atoms with Crippen LogP contribution in [0.5, 0.6) is 0 Å². The van der Waals surface area contributed by atoms with Crippen molar-refractivity contribution in [1.29, 1.82) is 5.41 Å². The molecule has 7 heteroatoms. The van der Waals surface area contributed by atoms with Crippen molar-refractivity contribution < 1.29 is 4.39 Å². The third kappa shape index (κ3) is 3.96. The van der Waals surface area contributed by atoms with E-state index in [-0.39, 0.29) is 17.6 Å². The molecule has 1 atom stereocenters. The van der Waals surface area contributed by atoms with Gasteiger partial charge in [0.25, 0.3) is 0 Å². The normalized spacial score (nSPS) is 17.1. The van der Waals surface area contributed by atoms with Crippen LogP contribution >= 0.6 is 23.7 Å². The molecule has 0 radical (unpaired) electrons. The predicted molar refractivity (Wildman–Crippen MR) is 102 cm³/mol. The van der Waals surface area contributed by atoms with Crippen molar-refractivity contribution in [2.24, 2.45) is 0 Å². The minimum Gasteiger partial charge on any atom is -0.313 e. The van der Waals surface area contributed by atoms with E-state index in [0.717, 1.165) is 28.9 Å². The Bertz CT molecular complexity index is 726. The average Bonchev–Trinajstić information content (AvgIpc) is 3.21. The van der Waals surface area contributed by atoms with E-state index in [1.54, 1.807) is 11.9 Å². The van der Waals surface area contributed by atoms with Crippen molar-refractivity contribution in [3.63, 3.8) is 0 Å². The zero-order valence-corrected chi connectivity index (χ0v) is 15.6. The van der Waals surface area contributed by atoms with E-state index in [1.165, 1.54) is 11.8 Å². The first-order chi connectivity index (χ1) is 11.6. The maximum Gasteiger partial charge on any atom is 0.113 e. The quantitative estimate of drug-likeness (QED) is 0.285. The van der Waals surface area contributed by atoms with Crippen LogP contribution in [-0.4, -0.2) is 34.1 Å². The van der Waals surface area contributed by atoms with Crippen molar-refractivity contribution in [3.05, 3.63) is 36.2 Å². The Hall–Kier alpha value is -1.02. The number of pyridine rings is 1. The molecule has 3 N–H and O–H groups in total. The molecule has 0 amide bonds. The Morgan fingerprint density at radius 1 is 1.38 bits per heavy atom. The van der Waals surface area contributed by atoms with Crippen LogP contribution in [0.2, 0.25) is 0 Å². The summed E-state index contributed by atoms with van der Waals surface area (Å²) in [6, 6.07) is 8.14. The number of thioether (sulfide) groups is 1. The summed E-state index contributed by atoms with van der Waals surface area (Å²) in [5.74, 6) is 0. The van der Waals surface area contributed by atoms with Crippen molar-refractivity contribution in [1.82, 2.24) is 14.4 Å². The number of nitrogens with zero attached hydrogens (tertiary/aromatic N) is 1. The fourth-order valence-electron chi connectivity index (χ4n) is 2.53. The Morgan fingerprint density at radius 3 is 2.79 bits per heavy atom. The summed E-state index contributed by atoms with van der Waals surface area (Å²) >= 11 is 3.06. The number of alkyl halides is 1. The highest BCUT2D eigenvalue weighted by molar-refractivity contribution is 8.14. The van der Waals surface area contributed by atoms with Gasteiger partial charge in [0.2, 0.25) is 0 Å². The minimum absolute atomic E-state index is 0.0152. The van der Waals surface area contributed by atoms with Gasteiger partial charge in [0.15, 0.2) is 0 Å². The highest BCUT2D eigenvalue weighted by atomic mass is 32.2. The lowest BCUT2D eigenvalue weighted by Crippen LogP contribution is -2.25. The Morgan fingerprint density at radius 2 is 2.12 bits per heavy atom. The molecule has 0 bridgehead atoms. The van der Waals surface area contributed by atoms with Crippen LogP contribution in [0.25, 0.3) is 5.52 Å². The molecule has 1 aliphatic rings. The lowest BCUT2D eigenvalue weighted by Gasteiger charge is -2.15. The maximum atomic E-state index is 12.6. The molecule has 2 heterocycles. The van der Waals surface area contributed by atoms with Gasteiger partial charge in [0.1, 0.15) is 5.04 Å². The number of hydrogen-bond donors (Lipinski definition) is 3. The van der Waals surface area contributed by atoms with Crippen LogP contribution in [0.1, 0.15) is 31.9 Å². The van der Waals surface area contributed by atoms with Crippen LogP contribution in [0.3, 0.4) is 0 Å². The van der Waals surface area contributed by atoms with Crippen molar-refractivity contribution in [2.75, 3.05) is 13.7 Å². The highest BCUT2D eigenvalue weighted by Gasteiger charge is 2.42. The molecule has 1 aliphatic carbocycles. The van der Waals surface area contributed by atoms with Crippen LogP contribution in [0, 0.1) is 5.41 Å². The summed E-state index contributed by atoms with van der Waals surface area (Å²) in [5.41, 5.74) is 1.95. The summed E-state index contributed by atoms with van der Waals surface area (Å²) in [6.07, 6.45) is 4.72. The highest BCUT2D eigenvalue weighted by Crippen LogP contribution is 2.41. The molecule has 1 saturated carbocycles. The molecule has 4 nitrogen and oxygen atoms in total. The summed E-state index contributed by atoms with van der Waals surface area (Å²) in [5, 5.41) is 12.2. The van der Waals surface area contributed by atoms with Crippen LogP contribution < -0.4 is 10.0 Å². The molecular formula is C17H23FN4S2. The number of halogens is 1. The standard InChI is InChI=1S/C17H23FN4S2/c1-12(20-2)23-16(19)15-6-4-13-3-5-14(11-22(13)15)24-21-17(7-8-17)9-10-18/h3-6,11-12,19-21H,7-10H2,1-2H3. The first-order valence-corrected chi connectivity index (χ1v) is 9.80. The first-order valence-electron chi connectivity index (χ1n) is 8.11. The van der Waals surface area contributed by atoms with Crippen molar-refractivity contribution in [2.45, 2.75) is 42.0 Å². The van der Waals surface area contributed by atoms with Gasteiger partial charge in [0.05, 0.1) is 17.7 Å². The number of aromatic nitrogens is 1. The first kappa shape index (κ1) is 17.8. The minimum atomic E-state index is -0.271. The second-order valence-electron chi connectivity index (χ2n) is 6.18. The SMILES string of the molecule is CNC(C)SC(=N)c1ccc2ccc(SNC3(CCF)CC3)cn12. The number of fused-ring (bicyclic) bond motifs is 1. The van der Waals surface area contributed by atoms with E-state index >= 15 is 0 Å². The summed E-state index contributed by atoms with van der Waals surface area (Å²) < 4.78 is 18.1. The molecule has 1 fully saturated rings. The molecule has 2 aromatic heterocycles. The van der Waals surface area contributed by atoms with Crippen molar-refractivity contribution >= 4 is 34.3 Å². The van der Waals surface area contributed by atoms with Gasteiger partial charge in [-0.3, -0.25) is 14.5 Å².